The number of allylic oxidation sites excluding steroid dienone is 2. The van der Waals surface area contributed by atoms with Crippen molar-refractivity contribution in [3.63, 3.8) is 0 Å². The molecule has 0 radical (unpaired) electrons. The summed E-state index contributed by atoms with van der Waals surface area (Å²) in [6.07, 6.45) is 12.6. The molecule has 1 saturated carbocycles. The minimum Gasteiger partial charge on any atom is -0.299 e. The molecule has 1 rings (SSSR count). The van der Waals surface area contributed by atoms with Gasteiger partial charge in [-0.25, -0.2) is 0 Å². The van der Waals surface area contributed by atoms with Crippen LogP contribution in [-0.2, 0) is 4.79 Å². The van der Waals surface area contributed by atoms with Crippen molar-refractivity contribution in [3.05, 3.63) is 12.2 Å². The number of hydrogen-bond acceptors (Lipinski definition) is 1. The summed E-state index contributed by atoms with van der Waals surface area (Å²) in [4.78, 5) is 10.1. The molecule has 1 aliphatic rings. The highest BCUT2D eigenvalue weighted by Gasteiger charge is 2.18. The third kappa shape index (κ3) is 3.75. The van der Waals surface area contributed by atoms with Crippen LogP contribution in [0.2, 0.25) is 0 Å². The van der Waals surface area contributed by atoms with E-state index in [1.165, 1.54) is 38.5 Å². The Labute approximate surface area is 81.2 Å². The van der Waals surface area contributed by atoms with Crippen LogP contribution in [0.15, 0.2) is 12.2 Å². The van der Waals surface area contributed by atoms with Gasteiger partial charge in [0.2, 0.25) is 0 Å². The average molecular weight is 180 g/mol. The second kappa shape index (κ2) is 5.95. The molecule has 0 heterocycles. The van der Waals surface area contributed by atoms with Gasteiger partial charge < -0.3 is 0 Å². The van der Waals surface area contributed by atoms with Crippen LogP contribution in [0.5, 0.6) is 0 Å². The van der Waals surface area contributed by atoms with Gasteiger partial charge in [0.05, 0.1) is 0 Å². The SMILES string of the molecule is CCCC1CCC(/C=C/C=O)CC1. The van der Waals surface area contributed by atoms with E-state index >= 15 is 0 Å². The van der Waals surface area contributed by atoms with E-state index in [1.807, 2.05) is 0 Å². The molecule has 0 spiro atoms. The van der Waals surface area contributed by atoms with Gasteiger partial charge in [-0.2, -0.15) is 0 Å². The first kappa shape index (κ1) is 10.5. The van der Waals surface area contributed by atoms with Crippen molar-refractivity contribution in [3.8, 4) is 0 Å². The van der Waals surface area contributed by atoms with Crippen LogP contribution in [-0.4, -0.2) is 6.29 Å². The van der Waals surface area contributed by atoms with Crippen molar-refractivity contribution in [2.45, 2.75) is 45.4 Å². The Morgan fingerprint density at radius 2 is 1.92 bits per heavy atom. The number of carbonyl (C=O) groups is 1. The lowest BCUT2D eigenvalue weighted by atomic mass is 9.80. The van der Waals surface area contributed by atoms with Crippen LogP contribution in [0.4, 0.5) is 0 Å². The van der Waals surface area contributed by atoms with Crippen LogP contribution in [0.3, 0.4) is 0 Å². The second-order valence-corrected chi connectivity index (χ2v) is 4.09. The number of rotatable bonds is 4. The number of aldehydes is 1. The lowest BCUT2D eigenvalue weighted by Gasteiger charge is -2.26. The summed E-state index contributed by atoms with van der Waals surface area (Å²) in [6, 6.07) is 0. The normalized spacial score (nSPS) is 29.3. The molecular weight excluding hydrogens is 160 g/mol. The zero-order chi connectivity index (χ0) is 9.52. The Bertz CT molecular complexity index is 164. The summed E-state index contributed by atoms with van der Waals surface area (Å²) < 4.78 is 0. The molecule has 13 heavy (non-hydrogen) atoms. The van der Waals surface area contributed by atoms with Gasteiger partial charge in [0.15, 0.2) is 0 Å². The van der Waals surface area contributed by atoms with E-state index in [1.54, 1.807) is 6.08 Å². The molecule has 0 aliphatic heterocycles. The van der Waals surface area contributed by atoms with Crippen LogP contribution in [0.1, 0.15) is 45.4 Å². The average Bonchev–Trinajstić information content (AvgIpc) is 2.17. The predicted octanol–water partition coefficient (Wildman–Crippen LogP) is 3.35. The minimum atomic E-state index is 0.679. The van der Waals surface area contributed by atoms with Crippen molar-refractivity contribution in [2.75, 3.05) is 0 Å². The predicted molar refractivity (Wildman–Crippen MR) is 55.6 cm³/mol. The second-order valence-electron chi connectivity index (χ2n) is 4.09. The van der Waals surface area contributed by atoms with Crippen molar-refractivity contribution < 1.29 is 4.79 Å². The van der Waals surface area contributed by atoms with Gasteiger partial charge in [0.25, 0.3) is 0 Å². The maximum atomic E-state index is 10.1. The summed E-state index contributed by atoms with van der Waals surface area (Å²) >= 11 is 0. The van der Waals surface area contributed by atoms with Crippen LogP contribution < -0.4 is 0 Å². The summed E-state index contributed by atoms with van der Waals surface area (Å²) in [5.74, 6) is 1.64. The first-order valence-electron chi connectivity index (χ1n) is 5.48. The smallest absolute Gasteiger partial charge is 0.142 e. The third-order valence-electron chi connectivity index (χ3n) is 3.05. The van der Waals surface area contributed by atoms with Crippen molar-refractivity contribution in [2.24, 2.45) is 11.8 Å². The highest BCUT2D eigenvalue weighted by Crippen LogP contribution is 2.31. The number of carbonyl (C=O) groups excluding carboxylic acids is 1. The molecule has 0 bridgehead atoms. The van der Waals surface area contributed by atoms with E-state index in [2.05, 4.69) is 13.0 Å². The van der Waals surface area contributed by atoms with Gasteiger partial charge in [-0.05, 0) is 43.6 Å². The highest BCUT2D eigenvalue weighted by molar-refractivity contribution is 5.64. The Kier molecular flexibility index (Phi) is 4.81. The summed E-state index contributed by atoms with van der Waals surface area (Å²) in [7, 11) is 0. The van der Waals surface area contributed by atoms with E-state index in [0.29, 0.717) is 5.92 Å². The fraction of sp³-hybridized carbons (Fsp3) is 0.750. The first-order chi connectivity index (χ1) is 6.36. The van der Waals surface area contributed by atoms with Crippen LogP contribution in [0.25, 0.3) is 0 Å². The maximum absolute atomic E-state index is 10.1. The van der Waals surface area contributed by atoms with Gasteiger partial charge in [0, 0.05) is 0 Å². The summed E-state index contributed by atoms with van der Waals surface area (Å²) in [6.45, 7) is 2.26. The molecule has 0 saturated heterocycles. The monoisotopic (exact) mass is 180 g/mol. The molecule has 0 unspecified atom stereocenters. The fourth-order valence-electron chi connectivity index (χ4n) is 2.28. The first-order valence-corrected chi connectivity index (χ1v) is 5.48. The largest absolute Gasteiger partial charge is 0.299 e. The fourth-order valence-corrected chi connectivity index (χ4v) is 2.28. The van der Waals surface area contributed by atoms with E-state index in [-0.39, 0.29) is 0 Å². The lowest BCUT2D eigenvalue weighted by molar-refractivity contribution is -0.104. The van der Waals surface area contributed by atoms with Gasteiger partial charge in [-0.3, -0.25) is 4.79 Å². The molecule has 0 aromatic rings. The number of hydrogen-bond donors (Lipinski definition) is 0. The third-order valence-corrected chi connectivity index (χ3v) is 3.05. The molecule has 0 N–H and O–H groups in total. The molecule has 0 aromatic carbocycles. The molecule has 74 valence electrons. The van der Waals surface area contributed by atoms with E-state index in [9.17, 15) is 4.79 Å². The van der Waals surface area contributed by atoms with E-state index in [4.69, 9.17) is 0 Å². The molecular formula is C12H20O. The molecule has 1 heteroatoms. The van der Waals surface area contributed by atoms with Crippen molar-refractivity contribution >= 4 is 6.29 Å². The molecule has 1 aliphatic carbocycles. The van der Waals surface area contributed by atoms with E-state index in [0.717, 1.165) is 12.2 Å². The Morgan fingerprint density at radius 3 is 2.46 bits per heavy atom. The Balaban J connectivity index is 2.22. The standard InChI is InChI=1S/C12H20O/c1-2-4-11-6-8-12(9-7-11)5-3-10-13/h3,5,10-12H,2,4,6-9H2,1H3/b5-3+. The van der Waals surface area contributed by atoms with Gasteiger partial charge in [0.1, 0.15) is 6.29 Å². The Hall–Kier alpha value is -0.590. The van der Waals surface area contributed by atoms with Gasteiger partial charge in [-0.15, -0.1) is 0 Å². The summed E-state index contributed by atoms with van der Waals surface area (Å²) in [5, 5.41) is 0. The zero-order valence-electron chi connectivity index (χ0n) is 8.54. The summed E-state index contributed by atoms with van der Waals surface area (Å²) in [5.41, 5.74) is 0. The molecule has 1 nitrogen and oxygen atoms in total. The Morgan fingerprint density at radius 1 is 1.23 bits per heavy atom. The van der Waals surface area contributed by atoms with E-state index < -0.39 is 0 Å². The van der Waals surface area contributed by atoms with Gasteiger partial charge >= 0.3 is 0 Å². The maximum Gasteiger partial charge on any atom is 0.142 e. The van der Waals surface area contributed by atoms with Crippen molar-refractivity contribution in [1.29, 1.82) is 0 Å². The molecule has 0 aromatic heterocycles. The highest BCUT2D eigenvalue weighted by atomic mass is 16.1. The lowest BCUT2D eigenvalue weighted by Crippen LogP contribution is -2.12. The quantitative estimate of drug-likeness (QED) is 0.479. The minimum absolute atomic E-state index is 0.679. The van der Waals surface area contributed by atoms with Crippen LogP contribution in [0, 0.1) is 11.8 Å². The van der Waals surface area contributed by atoms with Crippen molar-refractivity contribution in [1.82, 2.24) is 0 Å². The zero-order valence-corrected chi connectivity index (χ0v) is 8.54. The molecule has 1 fully saturated rings. The molecule has 0 amide bonds. The van der Waals surface area contributed by atoms with Gasteiger partial charge in [-0.1, -0.05) is 25.8 Å². The molecule has 0 atom stereocenters. The topological polar surface area (TPSA) is 17.1 Å². The van der Waals surface area contributed by atoms with Crippen LogP contribution >= 0.6 is 0 Å².